The fraction of sp³-hybridized carbons (Fsp3) is 0.667. The van der Waals surface area contributed by atoms with E-state index in [0.29, 0.717) is 0 Å². The van der Waals surface area contributed by atoms with Crippen molar-refractivity contribution in [2.75, 3.05) is 13.2 Å². The van der Waals surface area contributed by atoms with Crippen LogP contribution in [0.15, 0.2) is 0 Å². The second-order valence-corrected chi connectivity index (χ2v) is 2.64. The molecule has 1 aliphatic carbocycles. The van der Waals surface area contributed by atoms with Crippen LogP contribution in [0.5, 0.6) is 0 Å². The first kappa shape index (κ1) is 4.50. The Bertz CT molecular complexity index is 125. The summed E-state index contributed by atoms with van der Waals surface area (Å²) in [6, 6.07) is 0. The van der Waals surface area contributed by atoms with Gasteiger partial charge in [0.15, 0.2) is 0 Å². The third-order valence-electron chi connectivity index (χ3n) is 1.77. The molecule has 2 heteroatoms. The zero-order chi connectivity index (χ0) is 5.61. The van der Waals surface area contributed by atoms with Gasteiger partial charge in [0.1, 0.15) is 5.78 Å². The Hall–Kier alpha value is -0.370. The predicted molar refractivity (Wildman–Crippen MR) is 27.2 cm³/mol. The van der Waals surface area contributed by atoms with Gasteiger partial charge in [-0.15, -0.1) is 0 Å². The summed E-state index contributed by atoms with van der Waals surface area (Å²) in [7, 11) is 0. The van der Waals surface area contributed by atoms with E-state index in [2.05, 4.69) is 0 Å². The lowest BCUT2D eigenvalue weighted by molar-refractivity contribution is -0.153. The first-order valence-corrected chi connectivity index (χ1v) is 2.77. The molecule has 1 spiro atoms. The highest BCUT2D eigenvalue weighted by Gasteiger charge is 2.49. The monoisotopic (exact) mass is 111 g/mol. The average molecular weight is 111 g/mol. The molecule has 0 amide bonds. The van der Waals surface area contributed by atoms with E-state index < -0.39 is 0 Å². The van der Waals surface area contributed by atoms with Crippen molar-refractivity contribution in [3.63, 3.8) is 0 Å². The van der Waals surface area contributed by atoms with E-state index in [-0.39, 0.29) is 11.2 Å². The lowest BCUT2D eigenvalue weighted by Crippen LogP contribution is -2.53. The number of carbonyl (C=O) groups excluding carboxylic acids is 1. The van der Waals surface area contributed by atoms with Gasteiger partial charge in [-0.2, -0.15) is 0 Å². The Labute approximate surface area is 47.8 Å². The Balaban J connectivity index is 2.01. The number of Topliss-reactive ketones (excluding diaryl/α,β-unsaturated/α-hetero) is 1. The van der Waals surface area contributed by atoms with Crippen LogP contribution in [-0.2, 0) is 9.53 Å². The van der Waals surface area contributed by atoms with Gasteiger partial charge in [0.05, 0.1) is 13.2 Å². The minimum atomic E-state index is 0.219. The number of ketones is 1. The molecule has 2 nitrogen and oxygen atoms in total. The van der Waals surface area contributed by atoms with Crippen LogP contribution >= 0.6 is 0 Å². The molecule has 0 aromatic heterocycles. The first-order chi connectivity index (χ1) is 3.81. The van der Waals surface area contributed by atoms with E-state index in [1.54, 1.807) is 6.42 Å². The quantitative estimate of drug-likeness (QED) is 0.445. The van der Waals surface area contributed by atoms with E-state index in [1.807, 2.05) is 0 Å². The SMILES string of the molecule is O=C1[CH]C2(COC2)C1. The summed E-state index contributed by atoms with van der Waals surface area (Å²) >= 11 is 0. The maximum absolute atomic E-state index is 10.4. The maximum Gasteiger partial charge on any atom is 0.138 e. The molecule has 1 aliphatic heterocycles. The van der Waals surface area contributed by atoms with Crippen LogP contribution in [0.1, 0.15) is 6.42 Å². The molecular weight excluding hydrogens is 104 g/mol. The van der Waals surface area contributed by atoms with Crippen LogP contribution in [0.4, 0.5) is 0 Å². The molecule has 0 N–H and O–H groups in total. The minimum absolute atomic E-state index is 0.219. The van der Waals surface area contributed by atoms with Crippen molar-refractivity contribution < 1.29 is 9.53 Å². The summed E-state index contributed by atoms with van der Waals surface area (Å²) in [4.78, 5) is 10.4. The van der Waals surface area contributed by atoms with Crippen LogP contribution in [-0.4, -0.2) is 19.0 Å². The summed E-state index contributed by atoms with van der Waals surface area (Å²) < 4.78 is 4.94. The molecule has 0 atom stereocenters. The van der Waals surface area contributed by atoms with Crippen molar-refractivity contribution in [2.45, 2.75) is 6.42 Å². The van der Waals surface area contributed by atoms with Crippen LogP contribution < -0.4 is 0 Å². The van der Waals surface area contributed by atoms with Gasteiger partial charge in [-0.3, -0.25) is 4.79 Å². The molecule has 2 rings (SSSR count). The van der Waals surface area contributed by atoms with Crippen molar-refractivity contribution >= 4 is 5.78 Å². The molecule has 0 bridgehead atoms. The Morgan fingerprint density at radius 3 is 2.38 bits per heavy atom. The Morgan fingerprint density at radius 2 is 2.25 bits per heavy atom. The fourth-order valence-electron chi connectivity index (χ4n) is 1.21. The van der Waals surface area contributed by atoms with Crippen LogP contribution in [0.25, 0.3) is 0 Å². The van der Waals surface area contributed by atoms with Crippen molar-refractivity contribution in [2.24, 2.45) is 5.41 Å². The molecule has 2 aliphatic rings. The molecule has 1 saturated carbocycles. The van der Waals surface area contributed by atoms with Crippen LogP contribution in [0, 0.1) is 11.8 Å². The maximum atomic E-state index is 10.4. The van der Waals surface area contributed by atoms with Gasteiger partial charge in [-0.1, -0.05) is 0 Å². The van der Waals surface area contributed by atoms with E-state index in [0.717, 1.165) is 19.6 Å². The Kier molecular flexibility index (Phi) is 0.637. The second kappa shape index (κ2) is 1.13. The molecule has 1 heterocycles. The van der Waals surface area contributed by atoms with Gasteiger partial charge < -0.3 is 4.74 Å². The van der Waals surface area contributed by atoms with Gasteiger partial charge in [-0.05, 0) is 0 Å². The standard InChI is InChI=1S/C6H7O2/c7-5-1-6(2-5)3-8-4-6/h1H,2-4H2. The zero-order valence-corrected chi connectivity index (χ0v) is 4.52. The van der Waals surface area contributed by atoms with Gasteiger partial charge >= 0.3 is 0 Å². The zero-order valence-electron chi connectivity index (χ0n) is 4.52. The molecule has 2 fully saturated rings. The van der Waals surface area contributed by atoms with Crippen molar-refractivity contribution in [3.05, 3.63) is 6.42 Å². The number of rotatable bonds is 0. The van der Waals surface area contributed by atoms with E-state index in [1.165, 1.54) is 0 Å². The highest BCUT2D eigenvalue weighted by molar-refractivity contribution is 5.95. The molecule has 8 heavy (non-hydrogen) atoms. The van der Waals surface area contributed by atoms with Crippen LogP contribution in [0.2, 0.25) is 0 Å². The summed E-state index contributed by atoms with van der Waals surface area (Å²) in [6.45, 7) is 1.55. The van der Waals surface area contributed by atoms with Gasteiger partial charge in [-0.25, -0.2) is 0 Å². The molecular formula is C6H7O2. The highest BCUT2D eigenvalue weighted by Crippen LogP contribution is 2.43. The smallest absolute Gasteiger partial charge is 0.138 e. The van der Waals surface area contributed by atoms with E-state index in [4.69, 9.17) is 4.74 Å². The largest absolute Gasteiger partial charge is 0.380 e. The summed E-state index contributed by atoms with van der Waals surface area (Å²) in [5, 5.41) is 0. The lowest BCUT2D eigenvalue weighted by Gasteiger charge is -2.46. The third-order valence-corrected chi connectivity index (χ3v) is 1.77. The number of ether oxygens (including phenoxy) is 1. The average Bonchev–Trinajstić information content (AvgIpc) is 1.51. The molecule has 0 aromatic rings. The molecule has 43 valence electrons. The van der Waals surface area contributed by atoms with Crippen LogP contribution in [0.3, 0.4) is 0 Å². The van der Waals surface area contributed by atoms with E-state index >= 15 is 0 Å². The number of hydrogen-bond donors (Lipinski definition) is 0. The molecule has 1 radical (unpaired) electrons. The van der Waals surface area contributed by atoms with E-state index in [9.17, 15) is 4.79 Å². The van der Waals surface area contributed by atoms with Crippen molar-refractivity contribution in [1.29, 1.82) is 0 Å². The summed E-state index contributed by atoms with van der Waals surface area (Å²) in [6.07, 6.45) is 2.52. The lowest BCUT2D eigenvalue weighted by atomic mass is 9.66. The predicted octanol–water partition coefficient (Wildman–Crippen LogP) is 0.180. The van der Waals surface area contributed by atoms with Gasteiger partial charge in [0.25, 0.3) is 0 Å². The molecule has 0 unspecified atom stereocenters. The Morgan fingerprint density at radius 1 is 1.62 bits per heavy atom. The second-order valence-electron chi connectivity index (χ2n) is 2.64. The molecule has 0 aromatic carbocycles. The topological polar surface area (TPSA) is 26.3 Å². The first-order valence-electron chi connectivity index (χ1n) is 2.77. The highest BCUT2D eigenvalue weighted by atomic mass is 16.5. The minimum Gasteiger partial charge on any atom is -0.380 e. The van der Waals surface area contributed by atoms with Crippen molar-refractivity contribution in [1.82, 2.24) is 0 Å². The summed E-state index contributed by atoms with van der Waals surface area (Å²) in [5.74, 6) is 0.285. The number of carbonyl (C=O) groups is 1. The van der Waals surface area contributed by atoms with Gasteiger partial charge in [0.2, 0.25) is 0 Å². The molecule has 1 saturated heterocycles. The summed E-state index contributed by atoms with van der Waals surface area (Å²) in [5.41, 5.74) is 0.219. The fourth-order valence-corrected chi connectivity index (χ4v) is 1.21. The normalized spacial score (nSPS) is 31.8. The van der Waals surface area contributed by atoms with Crippen molar-refractivity contribution in [3.8, 4) is 0 Å². The number of hydrogen-bond acceptors (Lipinski definition) is 2. The van der Waals surface area contributed by atoms with Gasteiger partial charge in [0, 0.05) is 18.3 Å². The third kappa shape index (κ3) is 0.388.